The first-order chi connectivity index (χ1) is 10.2. The number of nitrogens with one attached hydrogen (secondary N) is 1. The van der Waals surface area contributed by atoms with Gasteiger partial charge in [0.15, 0.2) is 5.65 Å². The van der Waals surface area contributed by atoms with Crippen LogP contribution in [-0.4, -0.2) is 27.0 Å². The van der Waals surface area contributed by atoms with Gasteiger partial charge in [0.2, 0.25) is 0 Å². The van der Waals surface area contributed by atoms with Crippen LogP contribution in [-0.2, 0) is 0 Å². The van der Waals surface area contributed by atoms with Crippen molar-refractivity contribution < 1.29 is 4.74 Å². The van der Waals surface area contributed by atoms with Gasteiger partial charge in [-0.3, -0.25) is 0 Å². The zero-order chi connectivity index (χ0) is 14.8. The fourth-order valence-corrected chi connectivity index (χ4v) is 3.27. The lowest BCUT2D eigenvalue weighted by molar-refractivity contribution is 0.405. The molecule has 0 aliphatic carbocycles. The predicted molar refractivity (Wildman–Crippen MR) is 81.4 cm³/mol. The van der Waals surface area contributed by atoms with Crippen molar-refractivity contribution in [2.24, 2.45) is 5.73 Å². The highest BCUT2D eigenvalue weighted by Gasteiger charge is 2.16. The molecule has 0 spiro atoms. The number of fused-ring (bicyclic) bond motifs is 1. The molecule has 21 heavy (non-hydrogen) atoms. The maximum absolute atomic E-state index is 6.09. The van der Waals surface area contributed by atoms with Crippen LogP contribution < -0.4 is 10.5 Å². The largest absolute Gasteiger partial charge is 0.496 e. The summed E-state index contributed by atoms with van der Waals surface area (Å²) in [7, 11) is 1.65. The Morgan fingerprint density at radius 2 is 2.14 bits per heavy atom. The molecule has 2 aromatic heterocycles. The van der Waals surface area contributed by atoms with Crippen LogP contribution in [0.15, 0.2) is 40.8 Å². The van der Waals surface area contributed by atoms with Crippen LogP contribution in [0.25, 0.3) is 11.2 Å². The van der Waals surface area contributed by atoms with Crippen LogP contribution in [0.5, 0.6) is 5.75 Å². The highest BCUT2D eigenvalue weighted by molar-refractivity contribution is 7.99. The number of H-pyrrole nitrogens is 1. The fourth-order valence-electron chi connectivity index (χ4n) is 2.16. The minimum atomic E-state index is -0.136. The Kier molecular flexibility index (Phi) is 3.76. The zero-order valence-electron chi connectivity index (χ0n) is 11.7. The van der Waals surface area contributed by atoms with Crippen molar-refractivity contribution in [3.05, 3.63) is 36.4 Å². The van der Waals surface area contributed by atoms with Gasteiger partial charge in [-0.2, -0.15) is 0 Å². The second-order valence-electron chi connectivity index (χ2n) is 4.54. The molecule has 108 valence electrons. The molecule has 0 unspecified atom stereocenters. The number of hydrogen-bond donors (Lipinski definition) is 2. The molecular weight excluding hydrogens is 286 g/mol. The van der Waals surface area contributed by atoms with Gasteiger partial charge in [0.25, 0.3) is 0 Å². The van der Waals surface area contributed by atoms with Crippen molar-refractivity contribution in [3.63, 3.8) is 0 Å². The van der Waals surface area contributed by atoms with E-state index in [1.54, 1.807) is 13.4 Å². The summed E-state index contributed by atoms with van der Waals surface area (Å²) in [5, 5.41) is 0.813. The quantitative estimate of drug-likeness (QED) is 0.720. The topological polar surface area (TPSA) is 89.7 Å². The number of imidazole rings is 1. The number of benzene rings is 1. The van der Waals surface area contributed by atoms with E-state index in [9.17, 15) is 0 Å². The smallest absolute Gasteiger partial charge is 0.181 e. The Morgan fingerprint density at radius 3 is 2.90 bits per heavy atom. The summed E-state index contributed by atoms with van der Waals surface area (Å²) >= 11 is 1.52. The molecule has 0 fully saturated rings. The summed E-state index contributed by atoms with van der Waals surface area (Å²) in [5.74, 6) is 0.782. The van der Waals surface area contributed by atoms with Gasteiger partial charge in [-0.15, -0.1) is 0 Å². The number of rotatable bonds is 4. The fraction of sp³-hybridized carbons (Fsp3) is 0.214. The maximum Gasteiger partial charge on any atom is 0.181 e. The Morgan fingerprint density at radius 1 is 1.29 bits per heavy atom. The average Bonchev–Trinajstić information content (AvgIpc) is 2.96. The lowest BCUT2D eigenvalue weighted by Crippen LogP contribution is -2.08. The molecule has 3 rings (SSSR count). The molecule has 3 aromatic rings. The van der Waals surface area contributed by atoms with E-state index in [2.05, 4.69) is 19.9 Å². The van der Waals surface area contributed by atoms with Crippen LogP contribution in [0.2, 0.25) is 0 Å². The standard InChI is InChI=1S/C14H15N5OS/c1-8(15)11-9(20-2)4-3-5-10(11)21-14-12-13(17-6-16-12)18-7-19-14/h3-8H,15H2,1-2H3,(H,16,17,18,19)/t8-/m1/s1. The van der Waals surface area contributed by atoms with Crippen molar-refractivity contribution in [3.8, 4) is 5.75 Å². The molecule has 0 aliphatic rings. The van der Waals surface area contributed by atoms with Crippen molar-refractivity contribution in [2.75, 3.05) is 7.11 Å². The van der Waals surface area contributed by atoms with Gasteiger partial charge in [-0.05, 0) is 19.1 Å². The summed E-state index contributed by atoms with van der Waals surface area (Å²) in [6.07, 6.45) is 3.12. The summed E-state index contributed by atoms with van der Waals surface area (Å²) in [4.78, 5) is 16.7. The predicted octanol–water partition coefficient (Wildman–Crippen LogP) is 2.53. The Hall–Kier alpha value is -2.12. The molecule has 0 saturated carbocycles. The van der Waals surface area contributed by atoms with Gasteiger partial charge in [0, 0.05) is 16.5 Å². The molecule has 0 radical (unpaired) electrons. The van der Waals surface area contributed by atoms with E-state index in [1.165, 1.54) is 18.1 Å². The number of nitrogens with two attached hydrogens (primary N) is 1. The third-order valence-electron chi connectivity index (χ3n) is 3.10. The third-order valence-corrected chi connectivity index (χ3v) is 4.17. The summed E-state index contributed by atoms with van der Waals surface area (Å²) < 4.78 is 5.41. The highest BCUT2D eigenvalue weighted by Crippen LogP contribution is 2.38. The van der Waals surface area contributed by atoms with Gasteiger partial charge in [0.05, 0.1) is 13.4 Å². The molecule has 1 aromatic carbocycles. The van der Waals surface area contributed by atoms with Crippen LogP contribution >= 0.6 is 11.8 Å². The highest BCUT2D eigenvalue weighted by atomic mass is 32.2. The van der Waals surface area contributed by atoms with Crippen molar-refractivity contribution in [1.82, 2.24) is 19.9 Å². The molecule has 0 bridgehead atoms. The zero-order valence-corrected chi connectivity index (χ0v) is 12.5. The van der Waals surface area contributed by atoms with Gasteiger partial charge >= 0.3 is 0 Å². The minimum Gasteiger partial charge on any atom is -0.496 e. The minimum absolute atomic E-state index is 0.136. The maximum atomic E-state index is 6.09. The molecule has 0 amide bonds. The Bertz CT molecular complexity index is 771. The van der Waals surface area contributed by atoms with Gasteiger partial charge in [-0.1, -0.05) is 17.8 Å². The number of ether oxygens (including phenoxy) is 1. The second-order valence-corrected chi connectivity index (χ2v) is 5.57. The van der Waals surface area contributed by atoms with Crippen molar-refractivity contribution in [2.45, 2.75) is 22.9 Å². The normalized spacial score (nSPS) is 12.5. The number of nitrogens with zero attached hydrogens (tertiary/aromatic N) is 3. The van der Waals surface area contributed by atoms with E-state index in [4.69, 9.17) is 10.5 Å². The molecule has 0 saturated heterocycles. The van der Waals surface area contributed by atoms with E-state index in [-0.39, 0.29) is 6.04 Å². The van der Waals surface area contributed by atoms with Crippen molar-refractivity contribution in [1.29, 1.82) is 0 Å². The second kappa shape index (κ2) is 5.71. The van der Waals surface area contributed by atoms with Crippen molar-refractivity contribution >= 4 is 22.9 Å². The molecule has 3 N–H and O–H groups in total. The first-order valence-electron chi connectivity index (χ1n) is 6.45. The summed E-state index contributed by atoms with van der Waals surface area (Å²) in [6, 6.07) is 5.73. The SMILES string of the molecule is COc1cccc(Sc2ncnc3nc[nH]c23)c1[C@@H](C)N. The lowest BCUT2D eigenvalue weighted by atomic mass is 10.1. The molecule has 1 atom stereocenters. The number of hydrogen-bond acceptors (Lipinski definition) is 6. The lowest BCUT2D eigenvalue weighted by Gasteiger charge is -2.16. The van der Waals surface area contributed by atoms with Gasteiger partial charge in [0.1, 0.15) is 22.6 Å². The number of methoxy groups -OCH3 is 1. The third kappa shape index (κ3) is 2.57. The van der Waals surface area contributed by atoms with E-state index in [1.807, 2.05) is 25.1 Å². The Labute approximate surface area is 126 Å². The number of aromatic nitrogens is 4. The molecule has 7 heteroatoms. The monoisotopic (exact) mass is 301 g/mol. The molecule has 6 nitrogen and oxygen atoms in total. The Balaban J connectivity index is 2.07. The molecule has 2 heterocycles. The van der Waals surface area contributed by atoms with E-state index in [0.29, 0.717) is 5.65 Å². The van der Waals surface area contributed by atoms with E-state index in [0.717, 1.165) is 26.8 Å². The first-order valence-corrected chi connectivity index (χ1v) is 7.26. The van der Waals surface area contributed by atoms with Crippen LogP contribution in [0.4, 0.5) is 0 Å². The summed E-state index contributed by atoms with van der Waals surface area (Å²) in [5.41, 5.74) is 8.53. The first kappa shape index (κ1) is 13.8. The van der Waals surface area contributed by atoms with Gasteiger partial charge < -0.3 is 15.5 Å². The summed E-state index contributed by atoms with van der Waals surface area (Å²) in [6.45, 7) is 1.94. The molecular formula is C14H15N5OS. The van der Waals surface area contributed by atoms with Crippen LogP contribution in [0.1, 0.15) is 18.5 Å². The van der Waals surface area contributed by atoms with Gasteiger partial charge in [-0.25, -0.2) is 15.0 Å². The van der Waals surface area contributed by atoms with E-state index < -0.39 is 0 Å². The van der Waals surface area contributed by atoms with Crippen LogP contribution in [0.3, 0.4) is 0 Å². The average molecular weight is 301 g/mol. The molecule has 0 aliphatic heterocycles. The van der Waals surface area contributed by atoms with E-state index >= 15 is 0 Å². The van der Waals surface area contributed by atoms with Crippen LogP contribution in [0, 0.1) is 0 Å². The number of aromatic amines is 1.